The second kappa shape index (κ2) is 17.0. The highest BCUT2D eigenvalue weighted by Crippen LogP contribution is 2.59. The normalized spacial score (nSPS) is 12.7. The Bertz CT molecular complexity index is 6840. The third-order valence-electron chi connectivity index (χ3n) is 21.0. The van der Waals surface area contributed by atoms with E-state index in [1.54, 1.807) is 0 Å². The number of para-hydroxylation sites is 2. The van der Waals surface area contributed by atoms with Crippen molar-refractivity contribution in [2.75, 3.05) is 0 Å². The molecule has 0 amide bonds. The van der Waals surface area contributed by atoms with E-state index in [0.29, 0.717) is 0 Å². The van der Waals surface area contributed by atoms with Gasteiger partial charge in [0.2, 0.25) is 0 Å². The number of furan rings is 1. The minimum Gasteiger partial charge on any atom is -0.455 e. The van der Waals surface area contributed by atoms with E-state index in [2.05, 4.69) is 273 Å². The van der Waals surface area contributed by atoms with E-state index in [-0.39, 0.29) is 0 Å². The van der Waals surface area contributed by atoms with Gasteiger partial charge in [-0.15, -0.1) is 0 Å². The first-order valence-corrected chi connectivity index (χ1v) is 31.6. The zero-order valence-electron chi connectivity index (χ0n) is 48.3. The van der Waals surface area contributed by atoms with E-state index in [0.717, 1.165) is 60.3 Å². The molecule has 0 spiro atoms. The highest BCUT2D eigenvalue weighted by molar-refractivity contribution is 6.54. The van der Waals surface area contributed by atoms with Gasteiger partial charge in [-0.1, -0.05) is 254 Å². The molecule has 22 aromatic rings. The Kier molecular flexibility index (Phi) is 9.04. The van der Waals surface area contributed by atoms with E-state index in [9.17, 15) is 0 Å². The Morgan fingerprint density at radius 2 is 0.511 bits per heavy atom. The molecular formula is C88H45ClO. The molecule has 90 heavy (non-hydrogen) atoms. The molecule has 1 nitrogen and oxygen atoms in total. The Morgan fingerprint density at radius 1 is 0.189 bits per heavy atom. The predicted octanol–water partition coefficient (Wildman–Crippen LogP) is 25.9. The van der Waals surface area contributed by atoms with Crippen molar-refractivity contribution in [3.63, 3.8) is 0 Å². The fourth-order valence-electron chi connectivity index (χ4n) is 17.6. The fourth-order valence-corrected chi connectivity index (χ4v) is 17.9. The Hall–Kier alpha value is -11.4. The summed E-state index contributed by atoms with van der Waals surface area (Å²) in [6.07, 6.45) is 0. The average molecular weight is 1150 g/mol. The van der Waals surface area contributed by atoms with E-state index in [1.165, 1.54) is 173 Å². The van der Waals surface area contributed by atoms with Crippen LogP contribution in [0.5, 0.6) is 0 Å². The average Bonchev–Trinajstić information content (AvgIpc) is 1.50. The summed E-state index contributed by atoms with van der Waals surface area (Å²) in [4.78, 5) is 0. The topological polar surface area (TPSA) is 13.1 Å². The summed E-state index contributed by atoms with van der Waals surface area (Å²) in [5.74, 6) is 0. The zero-order chi connectivity index (χ0) is 58.4. The van der Waals surface area contributed by atoms with Crippen LogP contribution >= 0.6 is 11.6 Å². The number of hydrogen-bond donors (Lipinski definition) is 0. The third kappa shape index (κ3) is 5.86. The molecule has 0 atom stereocenters. The molecule has 0 unspecified atom stereocenters. The van der Waals surface area contributed by atoms with Crippen LogP contribution in [0, 0.1) is 0 Å². The second-order valence-electron chi connectivity index (χ2n) is 25.2. The molecule has 0 bridgehead atoms. The van der Waals surface area contributed by atoms with Crippen molar-refractivity contribution >= 4 is 184 Å². The van der Waals surface area contributed by atoms with Crippen LogP contribution in [0.15, 0.2) is 277 Å². The number of halogens is 1. The molecule has 22 rings (SSSR count). The molecule has 1 aromatic heterocycles. The van der Waals surface area contributed by atoms with Gasteiger partial charge < -0.3 is 4.42 Å². The van der Waals surface area contributed by atoms with Crippen molar-refractivity contribution in [2.45, 2.75) is 0 Å². The summed E-state index contributed by atoms with van der Waals surface area (Å²) in [5.41, 5.74) is 13.3. The molecule has 0 radical (unpaired) electrons. The van der Waals surface area contributed by atoms with Gasteiger partial charge in [-0.25, -0.2) is 0 Å². The van der Waals surface area contributed by atoms with E-state index < -0.39 is 0 Å². The monoisotopic (exact) mass is 1150 g/mol. The molecule has 0 saturated heterocycles. The summed E-state index contributed by atoms with van der Waals surface area (Å²) < 4.78 is 6.79. The van der Waals surface area contributed by atoms with Crippen molar-refractivity contribution in [2.24, 2.45) is 0 Å². The standard InChI is InChI=1S/C88H45ClO/c89-87-51(46-18-4-1-5-19-46)29-16-30-52(87)49-42-68-54-24-10-12-27-57(54)81-79(68)70(44-49)73(47-20-6-2-7-21-47)83-64-38-34-59-62-37-41-67-78-65(39-35-60(76(62)78)61-36-40-66(85(81)83)77(64)75(59)61)84-74(48-22-8-3-9-23-48)71-45-50(43-69-55-25-11-13-28-58(55)82(80(69)71)86(67)84)53-31-17-32-63-56-26-14-15-33-72(56)90-88(53)63/h1-45H. The molecule has 0 fully saturated rings. The lowest BCUT2D eigenvalue weighted by Gasteiger charge is -2.16. The number of benzene rings is 17. The lowest BCUT2D eigenvalue weighted by molar-refractivity contribution is 0.670. The lowest BCUT2D eigenvalue weighted by atomic mass is 9.87. The first kappa shape index (κ1) is 47.8. The second-order valence-corrected chi connectivity index (χ2v) is 25.6. The molecule has 0 aliphatic carbocycles. The lowest BCUT2D eigenvalue weighted by Crippen LogP contribution is -1.89. The van der Waals surface area contributed by atoms with Gasteiger partial charge in [-0.3, -0.25) is 0 Å². The van der Waals surface area contributed by atoms with Crippen LogP contribution in [0.25, 0.3) is 228 Å². The van der Waals surface area contributed by atoms with Crippen molar-refractivity contribution in [3.05, 3.63) is 278 Å². The highest BCUT2D eigenvalue weighted by Gasteiger charge is 2.31. The molecule has 0 aliphatic heterocycles. The minimum absolute atomic E-state index is 0.760. The maximum Gasteiger partial charge on any atom is 0.143 e. The molecule has 410 valence electrons. The van der Waals surface area contributed by atoms with Crippen LogP contribution in [0.2, 0.25) is 5.02 Å². The van der Waals surface area contributed by atoms with Gasteiger partial charge in [0.25, 0.3) is 0 Å². The van der Waals surface area contributed by atoms with Gasteiger partial charge in [0.1, 0.15) is 11.2 Å². The summed E-state index contributed by atoms with van der Waals surface area (Å²) >= 11 is 7.60. The van der Waals surface area contributed by atoms with Crippen LogP contribution < -0.4 is 0 Å². The summed E-state index contributed by atoms with van der Waals surface area (Å²) in [5, 5.41) is 39.4. The SMILES string of the molecule is Clc1c(-c2ccccc2)cccc1-c1cc2c(-c3ccccc3)c3c4ccc5c6ccc7c8c(ccc(c9ccc(c4c95)c3c3c4ccccc4c(c1)c23)c68)c1c(-c2ccccc2)c2cc(-c3cccc4c3oc3ccccc34)cc3c4ccccc4c(c23)c71. The molecular weight excluding hydrogens is 1110 g/mol. The summed E-state index contributed by atoms with van der Waals surface area (Å²) in [6, 6.07) is 102. The van der Waals surface area contributed by atoms with Gasteiger partial charge in [0.15, 0.2) is 0 Å². The van der Waals surface area contributed by atoms with E-state index in [4.69, 9.17) is 16.0 Å². The molecule has 0 aliphatic rings. The first-order valence-electron chi connectivity index (χ1n) is 31.3. The zero-order valence-corrected chi connectivity index (χ0v) is 49.0. The van der Waals surface area contributed by atoms with Gasteiger partial charge in [0, 0.05) is 27.5 Å². The number of fused-ring (bicyclic) bond motifs is 19. The maximum absolute atomic E-state index is 7.60. The molecule has 1 heterocycles. The molecule has 21 aromatic carbocycles. The Morgan fingerprint density at radius 3 is 1.02 bits per heavy atom. The van der Waals surface area contributed by atoms with Gasteiger partial charge in [0.05, 0.1) is 5.02 Å². The van der Waals surface area contributed by atoms with Gasteiger partial charge >= 0.3 is 0 Å². The van der Waals surface area contributed by atoms with E-state index >= 15 is 0 Å². The van der Waals surface area contributed by atoms with Crippen LogP contribution in [0.1, 0.15) is 0 Å². The van der Waals surface area contributed by atoms with Crippen molar-refractivity contribution < 1.29 is 4.42 Å². The quantitative estimate of drug-likeness (QED) is 0.124. The fraction of sp³-hybridized carbons (Fsp3) is 0. The van der Waals surface area contributed by atoms with Crippen LogP contribution in [0.3, 0.4) is 0 Å². The van der Waals surface area contributed by atoms with Gasteiger partial charge in [-0.05, 0) is 220 Å². The Balaban J connectivity index is 0.865. The molecule has 0 saturated carbocycles. The van der Waals surface area contributed by atoms with Crippen molar-refractivity contribution in [1.82, 2.24) is 0 Å². The molecule has 2 heteroatoms. The van der Waals surface area contributed by atoms with Crippen LogP contribution in [0.4, 0.5) is 0 Å². The van der Waals surface area contributed by atoms with Gasteiger partial charge in [-0.2, -0.15) is 0 Å². The third-order valence-corrected chi connectivity index (χ3v) is 21.4. The van der Waals surface area contributed by atoms with Crippen molar-refractivity contribution in [1.29, 1.82) is 0 Å². The van der Waals surface area contributed by atoms with Crippen LogP contribution in [-0.2, 0) is 0 Å². The first-order chi connectivity index (χ1) is 44.6. The molecule has 0 N–H and O–H groups in total. The summed E-state index contributed by atoms with van der Waals surface area (Å²) in [6.45, 7) is 0. The maximum atomic E-state index is 7.60. The number of hydrogen-bond acceptors (Lipinski definition) is 1. The van der Waals surface area contributed by atoms with E-state index in [1.807, 2.05) is 0 Å². The minimum atomic E-state index is 0.760. The Labute approximate surface area is 519 Å². The van der Waals surface area contributed by atoms with Crippen LogP contribution in [-0.4, -0.2) is 0 Å². The largest absolute Gasteiger partial charge is 0.455 e. The van der Waals surface area contributed by atoms with Crippen molar-refractivity contribution in [3.8, 4) is 55.6 Å². The predicted molar refractivity (Wildman–Crippen MR) is 387 cm³/mol. The highest BCUT2D eigenvalue weighted by atomic mass is 35.5. The smallest absolute Gasteiger partial charge is 0.143 e. The summed E-state index contributed by atoms with van der Waals surface area (Å²) in [7, 11) is 0. The number of rotatable bonds is 5.